The van der Waals surface area contributed by atoms with Crippen molar-refractivity contribution in [1.29, 1.82) is 0 Å². The van der Waals surface area contributed by atoms with Crippen molar-refractivity contribution < 1.29 is 28.5 Å². The van der Waals surface area contributed by atoms with E-state index >= 15 is 0 Å². The van der Waals surface area contributed by atoms with Crippen molar-refractivity contribution in [3.8, 4) is 23.0 Å². The Bertz CT molecular complexity index is 2030. The summed E-state index contributed by atoms with van der Waals surface area (Å²) in [5.41, 5.74) is 3.51. The molecule has 0 atom stereocenters. The molecule has 5 aromatic carbocycles. The van der Waals surface area contributed by atoms with Gasteiger partial charge < -0.3 is 18.9 Å². The molecular weight excluding hydrogens is 727 g/mol. The molecule has 0 spiro atoms. The van der Waals surface area contributed by atoms with Crippen molar-refractivity contribution >= 4 is 35.2 Å². The van der Waals surface area contributed by atoms with Gasteiger partial charge in [-0.05, 0) is 134 Å². The Balaban J connectivity index is 1.03. The highest BCUT2D eigenvalue weighted by Gasteiger charge is 2.11. The van der Waals surface area contributed by atoms with Gasteiger partial charge in [-0.15, -0.1) is 0 Å². The number of carbonyl (C=O) groups excluding carboxylic acids is 2. The molecule has 58 heavy (non-hydrogen) atoms. The molecule has 5 rings (SSSR count). The van der Waals surface area contributed by atoms with E-state index in [9.17, 15) is 9.59 Å². The second-order valence-electron chi connectivity index (χ2n) is 14.1. The monoisotopic (exact) mass is 781 g/mol. The minimum Gasteiger partial charge on any atom is -0.494 e. The molecule has 0 N–H and O–H groups in total. The quantitative estimate of drug-likeness (QED) is 0.0203. The van der Waals surface area contributed by atoms with Crippen molar-refractivity contribution in [2.24, 2.45) is 15.2 Å². The predicted molar refractivity (Wildman–Crippen MR) is 231 cm³/mol. The Morgan fingerprint density at radius 2 is 0.914 bits per heavy atom. The van der Waals surface area contributed by atoms with E-state index in [1.165, 1.54) is 64.2 Å². The third-order valence-electron chi connectivity index (χ3n) is 9.32. The van der Waals surface area contributed by atoms with Crippen LogP contribution in [-0.2, 0) is 0 Å². The van der Waals surface area contributed by atoms with E-state index in [0.29, 0.717) is 52.9 Å². The van der Waals surface area contributed by atoms with Crippen LogP contribution in [0.2, 0.25) is 0 Å². The smallest absolute Gasteiger partial charge is 0.343 e. The number of benzene rings is 5. The molecule has 9 heteroatoms. The first-order chi connectivity index (χ1) is 28.5. The van der Waals surface area contributed by atoms with Gasteiger partial charge in [-0.25, -0.2) is 9.59 Å². The van der Waals surface area contributed by atoms with Gasteiger partial charge in [-0.3, -0.25) is 4.99 Å². The van der Waals surface area contributed by atoms with E-state index in [0.717, 1.165) is 29.9 Å². The Morgan fingerprint density at radius 1 is 0.466 bits per heavy atom. The number of esters is 2. The number of rotatable bonds is 24. The molecule has 302 valence electrons. The number of ether oxygens (including phenoxy) is 4. The van der Waals surface area contributed by atoms with Crippen LogP contribution in [0.15, 0.2) is 137 Å². The van der Waals surface area contributed by atoms with Gasteiger partial charge in [0.1, 0.15) is 23.0 Å². The van der Waals surface area contributed by atoms with Crippen LogP contribution in [0.4, 0.5) is 17.1 Å². The molecule has 0 aliphatic heterocycles. The zero-order valence-corrected chi connectivity index (χ0v) is 33.8. The maximum Gasteiger partial charge on any atom is 0.343 e. The minimum absolute atomic E-state index is 0.359. The molecule has 0 saturated carbocycles. The second kappa shape index (κ2) is 24.5. The molecule has 0 aliphatic rings. The van der Waals surface area contributed by atoms with Crippen molar-refractivity contribution in [3.05, 3.63) is 138 Å². The fraction of sp³-hybridized carbons (Fsp3) is 0.327. The molecule has 0 unspecified atom stereocenters. The third-order valence-corrected chi connectivity index (χ3v) is 9.32. The highest BCUT2D eigenvalue weighted by Crippen LogP contribution is 2.25. The Labute approximate surface area is 343 Å². The normalized spacial score (nSPS) is 11.2. The van der Waals surface area contributed by atoms with Crippen LogP contribution in [0.1, 0.15) is 117 Å². The lowest BCUT2D eigenvalue weighted by molar-refractivity contribution is 0.0725. The van der Waals surface area contributed by atoms with E-state index in [1.54, 1.807) is 103 Å². The van der Waals surface area contributed by atoms with Gasteiger partial charge in [-0.2, -0.15) is 10.2 Å². The summed E-state index contributed by atoms with van der Waals surface area (Å²) >= 11 is 0. The fourth-order valence-corrected chi connectivity index (χ4v) is 5.95. The average Bonchev–Trinajstić information content (AvgIpc) is 3.26. The van der Waals surface area contributed by atoms with Crippen LogP contribution in [0, 0.1) is 0 Å². The number of unbranched alkanes of at least 4 members (excludes halogenated alkanes) is 10. The first-order valence-electron chi connectivity index (χ1n) is 20.6. The maximum absolute atomic E-state index is 13.0. The highest BCUT2D eigenvalue weighted by atomic mass is 16.5. The lowest BCUT2D eigenvalue weighted by atomic mass is 10.1. The number of hydrogen-bond donors (Lipinski definition) is 0. The van der Waals surface area contributed by atoms with Crippen molar-refractivity contribution in [2.45, 2.75) is 90.9 Å². The van der Waals surface area contributed by atoms with Crippen LogP contribution in [-0.4, -0.2) is 31.4 Å². The summed E-state index contributed by atoms with van der Waals surface area (Å²) in [6.45, 7) is 5.83. The van der Waals surface area contributed by atoms with Gasteiger partial charge >= 0.3 is 11.9 Å². The standard InChI is InChI=1S/C49H55N3O6/c1-3-5-7-9-11-13-34-55-44-28-20-39(21-29-44)48(53)57-46-26-18-38(19-27-46)37-50-43-17-15-16-40(36-43)49(54)58-47-32-24-42(25-33-47)52-51-41-22-30-45(31-23-41)56-35-14-12-10-8-6-4-2/h15-33,36-37H,3-14,34-35H2,1-2H3. The summed E-state index contributed by atoms with van der Waals surface area (Å²) in [6, 6.07) is 35.3. The topological polar surface area (TPSA) is 108 Å². The molecule has 0 aromatic heterocycles. The molecule has 0 fully saturated rings. The van der Waals surface area contributed by atoms with E-state index < -0.39 is 11.9 Å². The summed E-state index contributed by atoms with van der Waals surface area (Å²) in [4.78, 5) is 30.2. The number of hydrogen-bond acceptors (Lipinski definition) is 9. The van der Waals surface area contributed by atoms with E-state index in [1.807, 2.05) is 24.3 Å². The number of aliphatic imine (C=N–C) groups is 1. The maximum atomic E-state index is 13.0. The highest BCUT2D eigenvalue weighted by molar-refractivity contribution is 5.93. The molecule has 5 aromatic rings. The Morgan fingerprint density at radius 3 is 1.45 bits per heavy atom. The number of nitrogens with zero attached hydrogens (tertiary/aromatic N) is 3. The molecule has 0 saturated heterocycles. The SMILES string of the molecule is CCCCCCCCOc1ccc(N=Nc2ccc(OC(=O)c3cccc(N=Cc4ccc(OC(=O)c5ccc(OCCCCCCCC)cc5)cc4)c3)cc2)cc1. The molecule has 0 radical (unpaired) electrons. The van der Waals surface area contributed by atoms with Crippen LogP contribution in [0.5, 0.6) is 23.0 Å². The lowest BCUT2D eigenvalue weighted by Crippen LogP contribution is -2.08. The van der Waals surface area contributed by atoms with Gasteiger partial charge in [0.2, 0.25) is 0 Å². The summed E-state index contributed by atoms with van der Waals surface area (Å²) in [5, 5.41) is 8.62. The molecule has 0 heterocycles. The van der Waals surface area contributed by atoms with Crippen LogP contribution >= 0.6 is 0 Å². The second-order valence-corrected chi connectivity index (χ2v) is 14.1. The molecule has 9 nitrogen and oxygen atoms in total. The van der Waals surface area contributed by atoms with E-state index in [-0.39, 0.29) is 0 Å². The third kappa shape index (κ3) is 15.4. The predicted octanol–water partition coefficient (Wildman–Crippen LogP) is 13.8. The Kier molecular flexibility index (Phi) is 18.2. The minimum atomic E-state index is -0.508. The summed E-state index contributed by atoms with van der Waals surface area (Å²) in [6.07, 6.45) is 16.3. The van der Waals surface area contributed by atoms with E-state index in [2.05, 4.69) is 29.1 Å². The summed E-state index contributed by atoms with van der Waals surface area (Å²) < 4.78 is 22.8. The molecule has 0 aliphatic carbocycles. The van der Waals surface area contributed by atoms with Gasteiger partial charge in [0.25, 0.3) is 0 Å². The van der Waals surface area contributed by atoms with Crippen molar-refractivity contribution in [1.82, 2.24) is 0 Å². The zero-order valence-electron chi connectivity index (χ0n) is 33.8. The average molecular weight is 782 g/mol. The van der Waals surface area contributed by atoms with Gasteiger partial charge in [-0.1, -0.05) is 84.1 Å². The molecule has 0 bridgehead atoms. The van der Waals surface area contributed by atoms with Crippen LogP contribution in [0.25, 0.3) is 0 Å². The first kappa shape index (κ1) is 43.0. The van der Waals surface area contributed by atoms with Gasteiger partial charge in [0.05, 0.1) is 41.4 Å². The van der Waals surface area contributed by atoms with Crippen molar-refractivity contribution in [2.75, 3.05) is 13.2 Å². The lowest BCUT2D eigenvalue weighted by Gasteiger charge is -2.08. The van der Waals surface area contributed by atoms with E-state index in [4.69, 9.17) is 18.9 Å². The van der Waals surface area contributed by atoms with Crippen molar-refractivity contribution in [3.63, 3.8) is 0 Å². The number of azo groups is 1. The van der Waals surface area contributed by atoms with Gasteiger partial charge in [0, 0.05) is 6.21 Å². The zero-order chi connectivity index (χ0) is 40.6. The fourth-order valence-electron chi connectivity index (χ4n) is 5.95. The molecule has 0 amide bonds. The first-order valence-corrected chi connectivity index (χ1v) is 20.6. The number of carbonyl (C=O) groups is 2. The summed E-state index contributed by atoms with van der Waals surface area (Å²) in [7, 11) is 0. The molecular formula is C49H55N3O6. The van der Waals surface area contributed by atoms with Gasteiger partial charge in [0.15, 0.2) is 0 Å². The van der Waals surface area contributed by atoms with Crippen LogP contribution in [0.3, 0.4) is 0 Å². The Hall–Kier alpha value is -6.09. The summed E-state index contributed by atoms with van der Waals surface area (Å²) in [5.74, 6) is 1.41. The van der Waals surface area contributed by atoms with Crippen LogP contribution < -0.4 is 18.9 Å². The largest absolute Gasteiger partial charge is 0.494 e.